The Morgan fingerprint density at radius 3 is 2.44 bits per heavy atom. The van der Waals surface area contributed by atoms with E-state index < -0.39 is 32.7 Å². The predicted molar refractivity (Wildman–Crippen MR) is 133 cm³/mol. The molecule has 3 heterocycles. The summed E-state index contributed by atoms with van der Waals surface area (Å²) in [5.74, 6) is -0.741. The summed E-state index contributed by atoms with van der Waals surface area (Å²) in [4.78, 5) is 33.2. The van der Waals surface area contributed by atoms with Crippen LogP contribution in [0.5, 0.6) is 5.88 Å². The number of hydrazine groups is 1. The van der Waals surface area contributed by atoms with Crippen LogP contribution in [0.3, 0.4) is 0 Å². The molecule has 0 aliphatic heterocycles. The van der Waals surface area contributed by atoms with Gasteiger partial charge in [-0.25, -0.2) is 28.4 Å². The first-order valence-corrected chi connectivity index (χ1v) is 12.9. The topological polar surface area (TPSA) is 162 Å². The molecule has 2 N–H and O–H groups in total. The molecule has 0 fully saturated rings. The fraction of sp³-hybridized carbons (Fsp3) is 0.364. The van der Waals surface area contributed by atoms with Crippen molar-refractivity contribution in [3.05, 3.63) is 58.9 Å². The first kappa shape index (κ1) is 27.0. The summed E-state index contributed by atoms with van der Waals surface area (Å²) in [6.45, 7) is 6.62. The first-order valence-electron chi connectivity index (χ1n) is 10.8. The molecule has 3 aromatic heterocycles. The number of carbonyl (C=O) groups is 1. The number of aliphatic imine (C=N–C) groups is 1. The highest BCUT2D eigenvalue weighted by Crippen LogP contribution is 2.27. The average molecular weight is 536 g/mol. The van der Waals surface area contributed by atoms with Gasteiger partial charge in [0.1, 0.15) is 35.2 Å². The van der Waals surface area contributed by atoms with E-state index in [0.29, 0.717) is 22.3 Å². The number of carbonyl (C=O) groups excluding carboxylic acids is 1. The third-order valence-corrected chi connectivity index (χ3v) is 7.76. The fourth-order valence-corrected chi connectivity index (χ4v) is 4.72. The van der Waals surface area contributed by atoms with Gasteiger partial charge in [-0.1, -0.05) is 18.5 Å². The van der Waals surface area contributed by atoms with Crippen molar-refractivity contribution in [1.29, 1.82) is 0 Å². The van der Waals surface area contributed by atoms with Crippen LogP contribution < -0.4 is 15.6 Å². The van der Waals surface area contributed by atoms with Gasteiger partial charge in [0.2, 0.25) is 5.88 Å². The van der Waals surface area contributed by atoms with Gasteiger partial charge in [-0.15, -0.1) is 0 Å². The summed E-state index contributed by atoms with van der Waals surface area (Å²) in [5.41, 5.74) is 5.68. The van der Waals surface area contributed by atoms with Crippen molar-refractivity contribution in [2.75, 3.05) is 12.9 Å². The Hall–Kier alpha value is -3.58. The number of rotatable bonds is 8. The molecule has 0 unspecified atom stereocenters. The minimum atomic E-state index is -3.84. The van der Waals surface area contributed by atoms with Crippen molar-refractivity contribution in [2.45, 2.75) is 38.9 Å². The van der Waals surface area contributed by atoms with Gasteiger partial charge in [0, 0.05) is 18.3 Å². The van der Waals surface area contributed by atoms with Crippen molar-refractivity contribution >= 4 is 38.9 Å². The van der Waals surface area contributed by atoms with E-state index in [9.17, 15) is 13.2 Å². The smallest absolute Gasteiger partial charge is 0.305 e. The maximum absolute atomic E-state index is 13.4. The number of amides is 1. The number of amidine groups is 1. The monoisotopic (exact) mass is 535 g/mol. The van der Waals surface area contributed by atoms with Crippen molar-refractivity contribution in [3.63, 3.8) is 0 Å². The number of aryl methyl sites for hydroxylation is 2. The zero-order valence-electron chi connectivity index (χ0n) is 20.3. The molecule has 36 heavy (non-hydrogen) atoms. The Kier molecular flexibility index (Phi) is 8.58. The van der Waals surface area contributed by atoms with Crippen LogP contribution >= 0.6 is 11.6 Å². The van der Waals surface area contributed by atoms with E-state index in [1.165, 1.54) is 31.9 Å². The summed E-state index contributed by atoms with van der Waals surface area (Å²) >= 11 is 5.85. The summed E-state index contributed by atoms with van der Waals surface area (Å²) in [5, 5.41) is -0.555. The van der Waals surface area contributed by atoms with E-state index in [1.807, 2.05) is 0 Å². The molecule has 192 valence electrons. The lowest BCUT2D eigenvalue weighted by atomic mass is 10.1. The predicted octanol–water partition coefficient (Wildman–Crippen LogP) is 2.71. The summed E-state index contributed by atoms with van der Waals surface area (Å²) in [6, 6.07) is 3.12. The fourth-order valence-electron chi connectivity index (χ4n) is 3.10. The summed E-state index contributed by atoms with van der Waals surface area (Å²) in [7, 11) is -2.44. The van der Waals surface area contributed by atoms with Gasteiger partial charge in [0.15, 0.2) is 15.6 Å². The number of hydrogen-bond acceptors (Lipinski definition) is 10. The second-order valence-corrected chi connectivity index (χ2v) is 10.7. The van der Waals surface area contributed by atoms with Gasteiger partial charge in [0.25, 0.3) is 0 Å². The Morgan fingerprint density at radius 2 is 1.83 bits per heavy atom. The molecule has 14 heteroatoms. The molecule has 0 saturated carbocycles. The van der Waals surface area contributed by atoms with Crippen LogP contribution in [0.25, 0.3) is 0 Å². The third kappa shape index (κ3) is 6.55. The molecule has 0 spiro atoms. The van der Waals surface area contributed by atoms with Crippen LogP contribution in [0.1, 0.15) is 47.6 Å². The lowest BCUT2D eigenvalue weighted by Crippen LogP contribution is -2.45. The van der Waals surface area contributed by atoms with E-state index in [4.69, 9.17) is 20.8 Å². The second-order valence-electron chi connectivity index (χ2n) is 7.93. The van der Waals surface area contributed by atoms with Gasteiger partial charge in [0.05, 0.1) is 23.1 Å². The Labute approximate surface area is 213 Å². The highest BCUT2D eigenvalue weighted by atomic mass is 35.5. The van der Waals surface area contributed by atoms with E-state index in [0.717, 1.165) is 0 Å². The molecular formula is C22H26ClN7O5S. The minimum Gasteiger partial charge on any atom is -0.479 e. The van der Waals surface area contributed by atoms with Crippen molar-refractivity contribution < 1.29 is 22.4 Å². The maximum Gasteiger partial charge on any atom is 0.305 e. The number of sulfone groups is 1. The molecule has 3 aromatic rings. The molecule has 0 radical (unpaired) electrons. The Morgan fingerprint density at radius 1 is 1.14 bits per heavy atom. The minimum absolute atomic E-state index is 0.0425. The van der Waals surface area contributed by atoms with Gasteiger partial charge in [-0.2, -0.15) is 4.98 Å². The van der Waals surface area contributed by atoms with E-state index in [1.54, 1.807) is 33.8 Å². The molecule has 0 aliphatic carbocycles. The number of ether oxygens (including phenoxy) is 1. The second kappa shape index (κ2) is 11.4. The number of furan rings is 1. The number of nitrogens with zero attached hydrogens (tertiary/aromatic N) is 5. The maximum atomic E-state index is 13.4. The number of halogens is 1. The quantitative estimate of drug-likeness (QED) is 0.249. The molecule has 12 nitrogen and oxygen atoms in total. The van der Waals surface area contributed by atoms with Crippen molar-refractivity contribution in [2.24, 2.45) is 4.99 Å². The number of methoxy groups -OCH3 is 1. The highest BCUT2D eigenvalue weighted by Gasteiger charge is 2.31. The standard InChI is InChI=1S/C22H26ClN7O5S/c1-12-6-7-17(35-12)21(31)30-29-18(28-19-14(3)26-11-27-22(19)34-5)10-36(32,33)15(4)13(2)20-24-8-16(23)9-25-20/h6-9,11,13,15H,10H2,1-5H3,(H,28,29)(H,30,31)/t13-,15-/m0/s1. The average Bonchev–Trinajstić information content (AvgIpc) is 3.29. The molecule has 0 saturated heterocycles. The van der Waals surface area contributed by atoms with Crippen LogP contribution in [0.15, 0.2) is 40.3 Å². The molecule has 0 aromatic carbocycles. The highest BCUT2D eigenvalue weighted by molar-refractivity contribution is 7.92. The lowest BCUT2D eigenvalue weighted by molar-refractivity contribution is 0.0914. The lowest BCUT2D eigenvalue weighted by Gasteiger charge is -2.20. The van der Waals surface area contributed by atoms with Crippen LogP contribution in [0.4, 0.5) is 5.69 Å². The number of hydrogen-bond donors (Lipinski definition) is 2. The Bertz CT molecular complexity index is 1360. The van der Waals surface area contributed by atoms with Crippen molar-refractivity contribution in [3.8, 4) is 5.88 Å². The number of nitrogens with one attached hydrogen (secondary N) is 2. The molecule has 0 aliphatic rings. The van der Waals surface area contributed by atoms with Gasteiger partial charge >= 0.3 is 5.91 Å². The van der Waals surface area contributed by atoms with Crippen LogP contribution in [-0.4, -0.2) is 58.2 Å². The SMILES string of the molecule is COc1ncnc(C)c1N=C(CS(=O)(=O)[C@@H](C)[C@H](C)c1ncc(Cl)cn1)NNC(=O)c1ccc(C)o1. The zero-order chi connectivity index (χ0) is 26.5. The van der Waals surface area contributed by atoms with Gasteiger partial charge in [-0.05, 0) is 32.9 Å². The van der Waals surface area contributed by atoms with Crippen LogP contribution in [-0.2, 0) is 9.84 Å². The summed E-state index contributed by atoms with van der Waals surface area (Å²) in [6.07, 6.45) is 4.11. The Balaban J connectivity index is 1.90. The third-order valence-electron chi connectivity index (χ3n) is 5.35. The molecular weight excluding hydrogens is 510 g/mol. The van der Waals surface area contributed by atoms with Gasteiger partial charge in [-0.3, -0.25) is 15.6 Å². The van der Waals surface area contributed by atoms with E-state index >= 15 is 0 Å². The van der Waals surface area contributed by atoms with Gasteiger partial charge < -0.3 is 9.15 Å². The molecule has 1 amide bonds. The largest absolute Gasteiger partial charge is 0.479 e. The molecule has 3 rings (SSSR count). The normalized spacial score (nSPS) is 13.7. The zero-order valence-corrected chi connectivity index (χ0v) is 21.9. The molecule has 0 bridgehead atoms. The number of aromatic nitrogens is 4. The van der Waals surface area contributed by atoms with E-state index in [2.05, 4.69) is 35.8 Å². The van der Waals surface area contributed by atoms with Crippen molar-refractivity contribution in [1.82, 2.24) is 30.8 Å². The van der Waals surface area contributed by atoms with Crippen LogP contribution in [0, 0.1) is 13.8 Å². The van der Waals surface area contributed by atoms with Crippen LogP contribution in [0.2, 0.25) is 5.02 Å². The van der Waals surface area contributed by atoms with E-state index in [-0.39, 0.29) is 23.2 Å². The summed E-state index contributed by atoms with van der Waals surface area (Å²) < 4.78 is 37.3. The first-order chi connectivity index (χ1) is 17.0. The molecule has 2 atom stereocenters.